The number of ether oxygens (including phenoxy) is 1. The topological polar surface area (TPSA) is 78.4 Å². The summed E-state index contributed by atoms with van der Waals surface area (Å²) in [5.41, 5.74) is 0.754. The molecule has 0 aliphatic carbocycles. The van der Waals surface area contributed by atoms with Gasteiger partial charge in [0.25, 0.3) is 5.89 Å². The highest BCUT2D eigenvalue weighted by atomic mass is 79.9. The maximum atomic E-state index is 11.6. The molecule has 2 aromatic heterocycles. The van der Waals surface area contributed by atoms with E-state index in [4.69, 9.17) is 25.3 Å². The zero-order valence-corrected chi connectivity index (χ0v) is 14.5. The second-order valence-corrected chi connectivity index (χ2v) is 5.82. The van der Waals surface area contributed by atoms with E-state index >= 15 is 0 Å². The smallest absolute Gasteiger partial charge is 0.331 e. The number of hydrogen-bond donors (Lipinski definition) is 0. The number of halogens is 2. The molecule has 0 fully saturated rings. The fraction of sp³-hybridized carbons (Fsp3) is 0.0625. The Balaban J connectivity index is 1.56. The zero-order valence-electron chi connectivity index (χ0n) is 12.1. The predicted octanol–water partition coefficient (Wildman–Crippen LogP) is 4.50. The van der Waals surface area contributed by atoms with Gasteiger partial charge in [0.2, 0.25) is 5.82 Å². The summed E-state index contributed by atoms with van der Waals surface area (Å²) in [6.45, 7) is -0.119. The van der Waals surface area contributed by atoms with Crippen molar-refractivity contribution >= 4 is 39.6 Å². The first-order chi connectivity index (χ1) is 11.6. The largest absolute Gasteiger partial charge is 0.452 e. The minimum Gasteiger partial charge on any atom is -0.452 e. The summed E-state index contributed by atoms with van der Waals surface area (Å²) in [4.78, 5) is 15.8. The van der Waals surface area contributed by atoms with E-state index in [2.05, 4.69) is 26.1 Å². The first kappa shape index (κ1) is 16.5. The molecule has 1 aromatic carbocycles. The van der Waals surface area contributed by atoms with Crippen molar-refractivity contribution in [2.75, 3.05) is 0 Å². The Morgan fingerprint density at radius 3 is 2.75 bits per heavy atom. The van der Waals surface area contributed by atoms with Gasteiger partial charge in [-0.1, -0.05) is 16.8 Å². The normalized spacial score (nSPS) is 11.1. The van der Waals surface area contributed by atoms with Gasteiger partial charge < -0.3 is 13.7 Å². The zero-order chi connectivity index (χ0) is 16.9. The van der Waals surface area contributed by atoms with Crippen LogP contribution in [0.4, 0.5) is 0 Å². The number of benzene rings is 1. The van der Waals surface area contributed by atoms with Crippen molar-refractivity contribution < 1.29 is 18.5 Å². The molecule has 2 heterocycles. The Morgan fingerprint density at radius 2 is 2.04 bits per heavy atom. The second kappa shape index (κ2) is 7.46. The van der Waals surface area contributed by atoms with Crippen molar-refractivity contribution in [1.29, 1.82) is 0 Å². The lowest BCUT2D eigenvalue weighted by Gasteiger charge is -1.96. The number of hydrogen-bond acceptors (Lipinski definition) is 6. The molecule has 0 N–H and O–H groups in total. The summed E-state index contributed by atoms with van der Waals surface area (Å²) in [6.07, 6.45) is 2.75. The van der Waals surface area contributed by atoms with Crippen LogP contribution >= 0.6 is 27.5 Å². The summed E-state index contributed by atoms with van der Waals surface area (Å²) < 4.78 is 15.9. The average Bonchev–Trinajstić information content (AvgIpc) is 3.21. The molecular weight excluding hydrogens is 400 g/mol. The number of nitrogens with zero attached hydrogens (tertiary/aromatic N) is 2. The van der Waals surface area contributed by atoms with E-state index in [1.54, 1.807) is 36.4 Å². The van der Waals surface area contributed by atoms with Gasteiger partial charge >= 0.3 is 5.97 Å². The fourth-order valence-corrected chi connectivity index (χ4v) is 2.22. The van der Waals surface area contributed by atoms with E-state index in [-0.39, 0.29) is 12.5 Å². The highest BCUT2D eigenvalue weighted by Gasteiger charge is 2.10. The Hall–Kier alpha value is -2.38. The molecule has 0 spiro atoms. The number of esters is 1. The minimum atomic E-state index is -0.547. The number of rotatable bonds is 5. The van der Waals surface area contributed by atoms with Crippen LogP contribution in [-0.2, 0) is 16.1 Å². The molecule has 0 radical (unpaired) electrons. The molecule has 0 aliphatic rings. The van der Waals surface area contributed by atoms with Gasteiger partial charge in [-0.2, -0.15) is 4.98 Å². The van der Waals surface area contributed by atoms with E-state index < -0.39 is 5.97 Å². The van der Waals surface area contributed by atoms with E-state index in [0.717, 1.165) is 5.56 Å². The molecule has 0 aliphatic heterocycles. The van der Waals surface area contributed by atoms with Crippen molar-refractivity contribution in [3.05, 3.63) is 63.8 Å². The maximum absolute atomic E-state index is 11.6. The standard InChI is InChI=1S/C16H10BrClN2O4/c17-13-7-5-12(23-13)6-8-15(21)22-9-14-19-16(20-24-14)10-1-3-11(18)4-2-10/h1-8H,9H2/b8-6+. The average molecular weight is 410 g/mol. The number of aromatic nitrogens is 2. The highest BCUT2D eigenvalue weighted by molar-refractivity contribution is 9.10. The lowest BCUT2D eigenvalue weighted by atomic mass is 10.2. The van der Waals surface area contributed by atoms with Crippen LogP contribution in [0, 0.1) is 0 Å². The van der Waals surface area contributed by atoms with E-state index in [1.165, 1.54) is 12.2 Å². The second-order valence-electron chi connectivity index (χ2n) is 4.60. The number of furan rings is 1. The van der Waals surface area contributed by atoms with Crippen LogP contribution < -0.4 is 0 Å². The molecule has 0 saturated heterocycles. The number of carbonyl (C=O) groups is 1. The van der Waals surface area contributed by atoms with Crippen LogP contribution in [0.1, 0.15) is 11.7 Å². The third-order valence-electron chi connectivity index (χ3n) is 2.89. The number of carbonyl (C=O) groups excluding carboxylic acids is 1. The van der Waals surface area contributed by atoms with Crippen molar-refractivity contribution in [2.45, 2.75) is 6.61 Å². The summed E-state index contributed by atoms with van der Waals surface area (Å²) in [5.74, 6) is 0.576. The van der Waals surface area contributed by atoms with Crippen LogP contribution in [0.5, 0.6) is 0 Å². The van der Waals surface area contributed by atoms with E-state index in [1.807, 2.05) is 0 Å². The van der Waals surface area contributed by atoms with Crippen molar-refractivity contribution in [3.8, 4) is 11.4 Å². The Labute approximate surface area is 150 Å². The van der Waals surface area contributed by atoms with Crippen LogP contribution in [0.15, 0.2) is 56.1 Å². The third kappa shape index (κ3) is 4.33. The van der Waals surface area contributed by atoms with Gasteiger partial charge in [0.1, 0.15) is 5.76 Å². The van der Waals surface area contributed by atoms with Gasteiger partial charge in [-0.25, -0.2) is 4.79 Å². The SMILES string of the molecule is O=C(/C=C/c1ccc(Br)o1)OCc1nc(-c2ccc(Cl)cc2)no1. The highest BCUT2D eigenvalue weighted by Crippen LogP contribution is 2.19. The van der Waals surface area contributed by atoms with Crippen molar-refractivity contribution in [2.24, 2.45) is 0 Å². The molecule has 6 nitrogen and oxygen atoms in total. The van der Waals surface area contributed by atoms with Crippen LogP contribution in [-0.4, -0.2) is 16.1 Å². The van der Waals surface area contributed by atoms with Crippen molar-refractivity contribution in [1.82, 2.24) is 10.1 Å². The summed E-state index contributed by atoms with van der Waals surface area (Å²) in [6, 6.07) is 10.4. The maximum Gasteiger partial charge on any atom is 0.331 e. The molecule has 0 saturated carbocycles. The molecule has 8 heteroatoms. The first-order valence-electron chi connectivity index (χ1n) is 6.79. The molecule has 0 amide bonds. The van der Waals surface area contributed by atoms with Gasteiger partial charge in [-0.3, -0.25) is 0 Å². The summed E-state index contributed by atoms with van der Waals surface area (Å²) in [7, 11) is 0. The van der Waals surface area contributed by atoms with Gasteiger partial charge in [0, 0.05) is 16.7 Å². The minimum absolute atomic E-state index is 0.119. The predicted molar refractivity (Wildman–Crippen MR) is 90.0 cm³/mol. The van der Waals surface area contributed by atoms with Gasteiger partial charge in [0.05, 0.1) is 0 Å². The Bertz CT molecular complexity index is 870. The molecule has 0 bridgehead atoms. The quantitative estimate of drug-likeness (QED) is 0.456. The van der Waals surface area contributed by atoms with Gasteiger partial charge in [-0.15, -0.1) is 0 Å². The third-order valence-corrected chi connectivity index (χ3v) is 3.56. The molecule has 0 atom stereocenters. The summed E-state index contributed by atoms with van der Waals surface area (Å²) >= 11 is 9.00. The van der Waals surface area contributed by atoms with Gasteiger partial charge in [-0.05, 0) is 58.4 Å². The molecule has 0 unspecified atom stereocenters. The lowest BCUT2D eigenvalue weighted by molar-refractivity contribution is -0.139. The molecule has 3 aromatic rings. The Kier molecular flexibility index (Phi) is 5.12. The summed E-state index contributed by atoms with van der Waals surface area (Å²) in [5, 5.41) is 4.45. The molecular formula is C16H10BrClN2O4. The molecule has 24 heavy (non-hydrogen) atoms. The molecule has 3 rings (SSSR count). The Morgan fingerprint density at radius 1 is 1.25 bits per heavy atom. The molecule has 122 valence electrons. The van der Waals surface area contributed by atoms with E-state index in [9.17, 15) is 4.79 Å². The fourth-order valence-electron chi connectivity index (χ4n) is 1.78. The van der Waals surface area contributed by atoms with Crippen LogP contribution in [0.25, 0.3) is 17.5 Å². The first-order valence-corrected chi connectivity index (χ1v) is 7.96. The monoisotopic (exact) mass is 408 g/mol. The van der Waals surface area contributed by atoms with Crippen LogP contribution in [0.3, 0.4) is 0 Å². The van der Waals surface area contributed by atoms with E-state index in [0.29, 0.717) is 21.3 Å². The van der Waals surface area contributed by atoms with Gasteiger partial charge in [0.15, 0.2) is 11.3 Å². The van der Waals surface area contributed by atoms with Crippen molar-refractivity contribution in [3.63, 3.8) is 0 Å². The van der Waals surface area contributed by atoms with Crippen LogP contribution in [0.2, 0.25) is 5.02 Å². The lowest BCUT2D eigenvalue weighted by Crippen LogP contribution is -2.00.